The lowest BCUT2D eigenvalue weighted by atomic mass is 9.80. The predicted octanol–water partition coefficient (Wildman–Crippen LogP) is 1.78. The Labute approximate surface area is 221 Å². The van der Waals surface area contributed by atoms with Gasteiger partial charge in [-0.2, -0.15) is 19.3 Å². The maximum atomic E-state index is 13.5. The third-order valence-electron chi connectivity index (χ3n) is 8.08. The van der Waals surface area contributed by atoms with Gasteiger partial charge in [-0.1, -0.05) is 12.2 Å². The number of aromatic nitrogens is 3. The summed E-state index contributed by atoms with van der Waals surface area (Å²) < 4.78 is 41.8. The van der Waals surface area contributed by atoms with Gasteiger partial charge in [0.1, 0.15) is 5.82 Å². The Hall–Kier alpha value is -2.93. The van der Waals surface area contributed by atoms with E-state index in [0.29, 0.717) is 25.6 Å². The van der Waals surface area contributed by atoms with Crippen LogP contribution in [0.15, 0.2) is 63.9 Å². The van der Waals surface area contributed by atoms with Crippen LogP contribution in [0, 0.1) is 17.7 Å². The van der Waals surface area contributed by atoms with E-state index < -0.39 is 10.0 Å². The van der Waals surface area contributed by atoms with Crippen LogP contribution in [0.3, 0.4) is 0 Å². The number of aryl methyl sites for hydroxylation is 1. The highest BCUT2D eigenvalue weighted by Gasteiger charge is 2.42. The minimum atomic E-state index is -3.79. The average molecular weight is 542 g/mol. The summed E-state index contributed by atoms with van der Waals surface area (Å²) in [6.07, 6.45) is 8.91. The molecule has 3 heterocycles. The summed E-state index contributed by atoms with van der Waals surface area (Å²) in [5, 5.41) is 24.3. The molecule has 1 saturated carbocycles. The second-order valence-electron chi connectivity index (χ2n) is 10.7. The van der Waals surface area contributed by atoms with Gasteiger partial charge in [0.15, 0.2) is 0 Å². The van der Waals surface area contributed by atoms with Gasteiger partial charge in [0.05, 0.1) is 24.0 Å². The first-order valence-corrected chi connectivity index (χ1v) is 14.4. The zero-order chi connectivity index (χ0) is 26.6. The number of fused-ring (bicyclic) bond motifs is 1. The smallest absolute Gasteiger partial charge is 0.264 e. The van der Waals surface area contributed by atoms with Gasteiger partial charge in [-0.25, -0.2) is 12.8 Å². The van der Waals surface area contributed by atoms with Crippen molar-refractivity contribution < 1.29 is 17.9 Å². The van der Waals surface area contributed by atoms with Crippen LogP contribution in [-0.4, -0.2) is 88.3 Å². The molecule has 6 rings (SSSR count). The first kappa shape index (κ1) is 25.4. The molecule has 3 atom stereocenters. The first-order valence-electron chi connectivity index (χ1n) is 13.0. The zero-order valence-corrected chi connectivity index (χ0v) is 22.2. The predicted molar refractivity (Wildman–Crippen MR) is 140 cm³/mol. The van der Waals surface area contributed by atoms with E-state index in [2.05, 4.69) is 39.3 Å². The van der Waals surface area contributed by atoms with Crippen molar-refractivity contribution in [3.8, 4) is 0 Å². The second kappa shape index (κ2) is 9.67. The third-order valence-corrected chi connectivity index (χ3v) is 9.81. The Morgan fingerprint density at radius 2 is 1.89 bits per heavy atom. The van der Waals surface area contributed by atoms with Crippen molar-refractivity contribution in [2.24, 2.45) is 24.0 Å². The Morgan fingerprint density at radius 1 is 1.13 bits per heavy atom. The molecular formula is C26H32FN7O3S. The molecule has 0 radical (unpaired) electrons. The Kier molecular flexibility index (Phi) is 6.45. The van der Waals surface area contributed by atoms with E-state index in [1.807, 2.05) is 11.2 Å². The monoisotopic (exact) mass is 541 g/mol. The molecule has 2 aliphatic carbocycles. The van der Waals surface area contributed by atoms with Gasteiger partial charge in [0.2, 0.25) is 5.03 Å². The number of anilines is 1. The number of hydrogen-bond donors (Lipinski definition) is 1. The fraction of sp³-hybridized carbons (Fsp3) is 0.500. The van der Waals surface area contributed by atoms with Crippen LogP contribution in [0.5, 0.6) is 0 Å². The molecule has 0 bridgehead atoms. The molecule has 0 amide bonds. The van der Waals surface area contributed by atoms with Crippen molar-refractivity contribution in [3.63, 3.8) is 0 Å². The van der Waals surface area contributed by atoms with Gasteiger partial charge < -0.3 is 5.11 Å². The first-order chi connectivity index (χ1) is 18.2. The average Bonchev–Trinajstić information content (AvgIpc) is 3.50. The number of sulfonamides is 1. The van der Waals surface area contributed by atoms with Gasteiger partial charge >= 0.3 is 0 Å². The minimum absolute atomic E-state index is 0.0121. The van der Waals surface area contributed by atoms with Crippen LogP contribution in [-0.2, 0) is 17.1 Å². The molecule has 2 aliphatic heterocycles. The van der Waals surface area contributed by atoms with E-state index in [-0.39, 0.29) is 34.9 Å². The van der Waals surface area contributed by atoms with Gasteiger partial charge in [0, 0.05) is 51.4 Å². The van der Waals surface area contributed by atoms with E-state index in [9.17, 15) is 17.9 Å². The molecule has 12 heteroatoms. The molecule has 1 N–H and O–H groups in total. The highest BCUT2D eigenvalue weighted by atomic mass is 32.2. The molecule has 1 aromatic carbocycles. The molecule has 0 spiro atoms. The largest absolute Gasteiger partial charge is 0.393 e. The minimum Gasteiger partial charge on any atom is -0.393 e. The number of aliphatic hydroxyl groups excluding tert-OH is 1. The molecule has 2 unspecified atom stereocenters. The van der Waals surface area contributed by atoms with E-state index in [1.165, 1.54) is 27.4 Å². The van der Waals surface area contributed by atoms with Gasteiger partial charge in [0.25, 0.3) is 10.0 Å². The van der Waals surface area contributed by atoms with Gasteiger partial charge in [-0.05, 0) is 61.1 Å². The third kappa shape index (κ3) is 4.59. The molecule has 2 fully saturated rings. The number of piperazine rings is 1. The molecule has 1 aromatic heterocycles. The fourth-order valence-corrected chi connectivity index (χ4v) is 7.31. The summed E-state index contributed by atoms with van der Waals surface area (Å²) in [5.41, 5.74) is 2.99. The van der Waals surface area contributed by atoms with Crippen molar-refractivity contribution in [1.29, 1.82) is 0 Å². The standard InChI is InChI=1S/C26H32FN7O3S/c1-17-9-24-19(13-29-34(24)21-5-3-20(27)4-6-21)12-23(17)25-16-33(38(36,37)26-14-28-31(2)30-26)8-7-32(25)15-18-10-22(35)11-18/h3-6,9,12-14,18-19,22,24-25,35H,7-8,10-11,15-16H2,1-2H3/t18?,19?,22?,24?,25-/m1/s1. The highest BCUT2D eigenvalue weighted by Crippen LogP contribution is 2.37. The Balaban J connectivity index is 1.28. The SMILES string of the molecule is CC1=CC2C(C=NN2c2ccc(F)cc2)C=C1[C@H]1CN(S(=O)(=O)c2cnn(C)n2)CCN1CC1CC(O)C1. The van der Waals surface area contributed by atoms with Crippen molar-refractivity contribution in [3.05, 3.63) is 59.6 Å². The molecular weight excluding hydrogens is 509 g/mol. The van der Waals surface area contributed by atoms with Crippen molar-refractivity contribution in [1.82, 2.24) is 24.2 Å². The second-order valence-corrected chi connectivity index (χ2v) is 12.5. The molecule has 1 saturated heterocycles. The summed E-state index contributed by atoms with van der Waals surface area (Å²) in [6, 6.07) is 6.15. The van der Waals surface area contributed by atoms with Crippen LogP contribution >= 0.6 is 0 Å². The van der Waals surface area contributed by atoms with E-state index >= 15 is 0 Å². The number of hydrogen-bond acceptors (Lipinski definition) is 8. The lowest BCUT2D eigenvalue weighted by Gasteiger charge is -2.46. The lowest BCUT2D eigenvalue weighted by molar-refractivity contribution is 0.0112. The Bertz CT molecular complexity index is 1400. The molecule has 4 aliphatic rings. The highest BCUT2D eigenvalue weighted by molar-refractivity contribution is 7.89. The number of hydrazone groups is 1. The molecule has 10 nitrogen and oxygen atoms in total. The maximum Gasteiger partial charge on any atom is 0.264 e. The number of aliphatic hydroxyl groups is 1. The fourth-order valence-electron chi connectivity index (χ4n) is 5.98. The Morgan fingerprint density at radius 3 is 2.58 bits per heavy atom. The summed E-state index contributed by atoms with van der Waals surface area (Å²) in [7, 11) is -2.19. The number of halogens is 1. The normalized spacial score (nSPS) is 30.1. The zero-order valence-electron chi connectivity index (χ0n) is 21.4. The van der Waals surface area contributed by atoms with E-state index in [4.69, 9.17) is 0 Å². The van der Waals surface area contributed by atoms with Crippen LogP contribution < -0.4 is 5.01 Å². The van der Waals surface area contributed by atoms with Crippen LogP contribution in [0.4, 0.5) is 10.1 Å². The van der Waals surface area contributed by atoms with Gasteiger partial charge in [-0.3, -0.25) is 9.91 Å². The van der Waals surface area contributed by atoms with E-state index in [1.54, 1.807) is 19.2 Å². The van der Waals surface area contributed by atoms with Crippen LogP contribution in [0.1, 0.15) is 19.8 Å². The van der Waals surface area contributed by atoms with Crippen molar-refractivity contribution >= 4 is 21.9 Å². The van der Waals surface area contributed by atoms with Crippen LogP contribution in [0.25, 0.3) is 0 Å². The maximum absolute atomic E-state index is 13.5. The quantitative estimate of drug-likeness (QED) is 0.594. The summed E-state index contributed by atoms with van der Waals surface area (Å²) >= 11 is 0. The van der Waals surface area contributed by atoms with E-state index in [0.717, 1.165) is 36.2 Å². The lowest BCUT2D eigenvalue weighted by Crippen LogP contribution is -2.57. The van der Waals surface area contributed by atoms with Crippen LogP contribution in [0.2, 0.25) is 0 Å². The van der Waals surface area contributed by atoms with Crippen molar-refractivity contribution in [2.45, 2.75) is 43.0 Å². The number of rotatable bonds is 6. The van der Waals surface area contributed by atoms with Gasteiger partial charge in [-0.15, -0.1) is 5.10 Å². The number of nitrogens with zero attached hydrogens (tertiary/aromatic N) is 7. The summed E-state index contributed by atoms with van der Waals surface area (Å²) in [4.78, 5) is 3.62. The van der Waals surface area contributed by atoms with Crippen molar-refractivity contribution in [2.75, 3.05) is 31.2 Å². The molecule has 38 heavy (non-hydrogen) atoms. The molecule has 202 valence electrons. The summed E-state index contributed by atoms with van der Waals surface area (Å²) in [6.45, 7) is 4.14. The topological polar surface area (TPSA) is 107 Å². The molecule has 2 aromatic rings. The number of benzene rings is 1. The summed E-state index contributed by atoms with van der Waals surface area (Å²) in [5.74, 6) is 0.125.